The number of hydrogen-bond acceptors (Lipinski definition) is 9. The maximum Gasteiger partial charge on any atom is 1.00 e. The molecule has 0 rings (SSSR count). The number of carbonyl (C=O) groups is 4. The zero-order chi connectivity index (χ0) is 18.4. The summed E-state index contributed by atoms with van der Waals surface area (Å²) in [5.41, 5.74) is 0. The standard InChI is InChI=1S/C4H11N.4C2H4O2.4Na/c1-3-5-4-2;4*1-2(3)4;;;;/h5H,3-4H2,1-2H3;4*1H3,(H,3,4);;;;/q;;;;;4*+1/p-4. The van der Waals surface area contributed by atoms with Gasteiger partial charge in [0.1, 0.15) is 0 Å². The Labute approximate surface area is 238 Å². The molecule has 0 unspecified atom stereocenters. The van der Waals surface area contributed by atoms with Crippen LogP contribution in [0.5, 0.6) is 0 Å². The zero-order valence-corrected chi connectivity index (χ0v) is 25.2. The predicted molar refractivity (Wildman–Crippen MR) is 66.9 cm³/mol. The largest absolute Gasteiger partial charge is 1.00 e. The molecule has 0 heterocycles. The maximum atomic E-state index is 8.89. The van der Waals surface area contributed by atoms with Gasteiger partial charge in [0.15, 0.2) is 0 Å². The van der Waals surface area contributed by atoms with E-state index in [1.54, 1.807) is 0 Å². The molecule has 0 saturated heterocycles. The average molecular weight is 401 g/mol. The third kappa shape index (κ3) is 996. The Balaban J connectivity index is -0.0000000176. The van der Waals surface area contributed by atoms with Gasteiger partial charge in [-0.15, -0.1) is 0 Å². The normalized spacial score (nSPS) is 5.68. The van der Waals surface area contributed by atoms with Crippen LogP contribution < -0.4 is 144 Å². The van der Waals surface area contributed by atoms with Crippen molar-refractivity contribution in [3.8, 4) is 0 Å². The van der Waals surface area contributed by atoms with E-state index in [2.05, 4.69) is 19.2 Å². The molecule has 25 heavy (non-hydrogen) atoms. The van der Waals surface area contributed by atoms with Crippen LogP contribution >= 0.6 is 0 Å². The zero-order valence-electron chi connectivity index (χ0n) is 17.2. The molecule has 9 nitrogen and oxygen atoms in total. The second-order valence-corrected chi connectivity index (χ2v) is 2.92. The van der Waals surface area contributed by atoms with Gasteiger partial charge in [0.05, 0.1) is 0 Å². The summed E-state index contributed by atoms with van der Waals surface area (Å²) in [4.78, 5) is 35.6. The summed E-state index contributed by atoms with van der Waals surface area (Å²) in [6, 6.07) is 0. The van der Waals surface area contributed by atoms with Gasteiger partial charge in [-0.3, -0.25) is 0 Å². The Kier molecular flexibility index (Phi) is 127. The molecule has 1 N–H and O–H groups in total. The molecule has 0 aromatic rings. The second kappa shape index (κ2) is 56.2. The second-order valence-electron chi connectivity index (χ2n) is 2.92. The molecule has 0 aliphatic heterocycles. The minimum Gasteiger partial charge on any atom is -0.550 e. The van der Waals surface area contributed by atoms with Gasteiger partial charge in [0.2, 0.25) is 0 Å². The average Bonchev–Trinajstić information content (AvgIpc) is 2.14. The SMILES string of the molecule is CC(=O)[O-].CC(=O)[O-].CC(=O)[O-].CC(=O)[O-].CCNCC.[Na+].[Na+].[Na+].[Na+]. The van der Waals surface area contributed by atoms with E-state index in [1.165, 1.54) is 0 Å². The molecule has 0 radical (unpaired) electrons. The Morgan fingerprint density at radius 1 is 0.560 bits per heavy atom. The van der Waals surface area contributed by atoms with E-state index in [9.17, 15) is 0 Å². The number of carboxylic acids is 4. The molecular weight excluding hydrogens is 378 g/mol. The topological polar surface area (TPSA) is 173 Å². The number of aliphatic carboxylic acids is 4. The maximum absolute atomic E-state index is 8.89. The van der Waals surface area contributed by atoms with E-state index < -0.39 is 23.9 Å². The van der Waals surface area contributed by atoms with Gasteiger partial charge in [0, 0.05) is 23.9 Å². The molecule has 0 aliphatic carbocycles. The van der Waals surface area contributed by atoms with Crippen LogP contribution in [0.25, 0.3) is 0 Å². The van der Waals surface area contributed by atoms with E-state index in [1.807, 2.05) is 0 Å². The van der Waals surface area contributed by atoms with Crippen molar-refractivity contribution in [1.29, 1.82) is 0 Å². The smallest absolute Gasteiger partial charge is 0.550 e. The summed E-state index contributed by atoms with van der Waals surface area (Å²) in [6.45, 7) is 10.3. The van der Waals surface area contributed by atoms with Crippen LogP contribution in [-0.4, -0.2) is 37.0 Å². The summed E-state index contributed by atoms with van der Waals surface area (Å²) in [5, 5.41) is 38.7. The third-order valence-corrected chi connectivity index (χ3v) is 0.500. The first kappa shape index (κ1) is 56.3. The van der Waals surface area contributed by atoms with E-state index in [4.69, 9.17) is 39.6 Å². The first-order valence-electron chi connectivity index (χ1n) is 5.75. The van der Waals surface area contributed by atoms with Crippen molar-refractivity contribution >= 4 is 23.9 Å². The molecular formula is C12H23NNa4O8. The van der Waals surface area contributed by atoms with Gasteiger partial charge in [-0.25, -0.2) is 0 Å². The monoisotopic (exact) mass is 401 g/mol. The van der Waals surface area contributed by atoms with E-state index >= 15 is 0 Å². The molecule has 0 atom stereocenters. The number of rotatable bonds is 2. The fourth-order valence-corrected chi connectivity index (χ4v) is 0.250. The van der Waals surface area contributed by atoms with Crippen LogP contribution in [0.4, 0.5) is 0 Å². The molecule has 0 aliphatic rings. The van der Waals surface area contributed by atoms with E-state index in [0.717, 1.165) is 40.8 Å². The molecule has 0 bridgehead atoms. The quantitative estimate of drug-likeness (QED) is 0.441. The fraction of sp³-hybridized carbons (Fsp3) is 0.667. The van der Waals surface area contributed by atoms with Crippen LogP contribution in [-0.2, 0) is 19.2 Å². The van der Waals surface area contributed by atoms with E-state index in [0.29, 0.717) is 0 Å². The number of carbonyl (C=O) groups excluding carboxylic acids is 4. The summed E-state index contributed by atoms with van der Waals surface area (Å²) < 4.78 is 0. The molecule has 128 valence electrons. The van der Waals surface area contributed by atoms with Crippen LogP contribution in [0.1, 0.15) is 41.5 Å². The molecule has 0 aromatic carbocycles. The summed E-state index contributed by atoms with van der Waals surface area (Å²) in [5.74, 6) is -4.33. The minimum absolute atomic E-state index is 0. The van der Waals surface area contributed by atoms with Crippen molar-refractivity contribution in [2.24, 2.45) is 0 Å². The summed E-state index contributed by atoms with van der Waals surface area (Å²) in [7, 11) is 0. The Morgan fingerprint density at radius 3 is 0.640 bits per heavy atom. The Hall–Kier alpha value is 1.84. The number of hydrogen-bond donors (Lipinski definition) is 1. The van der Waals surface area contributed by atoms with Gasteiger partial charge >= 0.3 is 118 Å². The van der Waals surface area contributed by atoms with Crippen molar-refractivity contribution in [1.82, 2.24) is 5.32 Å². The van der Waals surface area contributed by atoms with E-state index in [-0.39, 0.29) is 118 Å². The fourth-order valence-electron chi connectivity index (χ4n) is 0.250. The van der Waals surface area contributed by atoms with Crippen molar-refractivity contribution in [3.05, 3.63) is 0 Å². The summed E-state index contributed by atoms with van der Waals surface area (Å²) >= 11 is 0. The van der Waals surface area contributed by atoms with Gasteiger partial charge < -0.3 is 44.9 Å². The van der Waals surface area contributed by atoms with Gasteiger partial charge in [-0.2, -0.15) is 0 Å². The van der Waals surface area contributed by atoms with Crippen molar-refractivity contribution in [2.75, 3.05) is 13.1 Å². The molecule has 0 fully saturated rings. The van der Waals surface area contributed by atoms with Crippen molar-refractivity contribution in [2.45, 2.75) is 41.5 Å². The van der Waals surface area contributed by atoms with Gasteiger partial charge in [-0.05, 0) is 40.8 Å². The molecule has 13 heteroatoms. The Morgan fingerprint density at radius 2 is 0.640 bits per heavy atom. The van der Waals surface area contributed by atoms with Crippen LogP contribution in [0.2, 0.25) is 0 Å². The van der Waals surface area contributed by atoms with Crippen LogP contribution in [0.3, 0.4) is 0 Å². The molecule has 0 spiro atoms. The Bertz CT molecular complexity index is 216. The van der Waals surface area contributed by atoms with Gasteiger partial charge in [-0.1, -0.05) is 13.8 Å². The molecule has 0 aromatic heterocycles. The van der Waals surface area contributed by atoms with Crippen molar-refractivity contribution in [3.63, 3.8) is 0 Å². The van der Waals surface area contributed by atoms with Crippen LogP contribution in [0.15, 0.2) is 0 Å². The summed E-state index contributed by atoms with van der Waals surface area (Å²) in [6.07, 6.45) is 0. The van der Waals surface area contributed by atoms with Crippen LogP contribution in [0, 0.1) is 0 Å². The number of carboxylic acid groups (broad SMARTS) is 4. The van der Waals surface area contributed by atoms with Gasteiger partial charge in [0.25, 0.3) is 0 Å². The molecule has 0 amide bonds. The molecule has 0 saturated carbocycles. The first-order chi connectivity index (χ1) is 9.34. The third-order valence-electron chi connectivity index (χ3n) is 0.500. The predicted octanol–water partition coefficient (Wildman–Crippen LogP) is -16.3. The first-order valence-corrected chi connectivity index (χ1v) is 5.75. The minimum atomic E-state index is -1.08. The number of nitrogens with one attached hydrogen (secondary N) is 1. The van der Waals surface area contributed by atoms with Crippen molar-refractivity contribution < 1.29 is 158 Å².